The number of nitrogens with one attached hydrogen (secondary N) is 1. The van der Waals surface area contributed by atoms with Crippen LogP contribution in [0.4, 0.5) is 0 Å². The van der Waals surface area contributed by atoms with Gasteiger partial charge in [-0.1, -0.05) is 23.2 Å². The molecule has 0 saturated carbocycles. The van der Waals surface area contributed by atoms with Gasteiger partial charge in [0.25, 0.3) is 5.91 Å². The zero-order valence-corrected chi connectivity index (χ0v) is 9.82. The quantitative estimate of drug-likeness (QED) is 0.660. The van der Waals surface area contributed by atoms with Gasteiger partial charge in [-0.15, -0.1) is 0 Å². The van der Waals surface area contributed by atoms with E-state index in [1.54, 1.807) is 13.8 Å². The Balaban J connectivity index is 2.94. The first-order valence-corrected chi connectivity index (χ1v) is 5.06. The van der Waals surface area contributed by atoms with Crippen molar-refractivity contribution < 1.29 is 9.63 Å². The lowest BCUT2D eigenvalue weighted by atomic mass is 10.2. The van der Waals surface area contributed by atoms with E-state index in [2.05, 4.69) is 10.5 Å². The predicted molar refractivity (Wildman–Crippen MR) is 58.1 cm³/mol. The monoisotopic (exact) mass is 248 g/mol. The van der Waals surface area contributed by atoms with Gasteiger partial charge < -0.3 is 0 Å². The van der Waals surface area contributed by atoms with Gasteiger partial charge in [0.2, 0.25) is 0 Å². The molecule has 0 atom stereocenters. The van der Waals surface area contributed by atoms with Gasteiger partial charge in [-0.25, -0.2) is 10.5 Å². The van der Waals surface area contributed by atoms with Gasteiger partial charge in [0.05, 0.1) is 22.9 Å². The van der Waals surface area contributed by atoms with Crippen LogP contribution in [0.1, 0.15) is 23.0 Å². The summed E-state index contributed by atoms with van der Waals surface area (Å²) in [6.07, 6.45) is 0. The summed E-state index contributed by atoms with van der Waals surface area (Å²) in [6.45, 7) is 3.82. The third-order valence-electron chi connectivity index (χ3n) is 1.68. The molecule has 0 spiro atoms. The van der Waals surface area contributed by atoms with Crippen LogP contribution in [-0.2, 0) is 4.84 Å². The molecule has 0 aliphatic heterocycles. The molecule has 0 aliphatic carbocycles. The average molecular weight is 249 g/mol. The Morgan fingerprint density at radius 1 is 1.60 bits per heavy atom. The molecule has 0 aliphatic rings. The van der Waals surface area contributed by atoms with E-state index in [0.717, 1.165) is 0 Å². The second kappa shape index (κ2) is 5.30. The van der Waals surface area contributed by atoms with E-state index >= 15 is 0 Å². The smallest absolute Gasteiger partial charge is 0.274 e. The minimum Gasteiger partial charge on any atom is -0.274 e. The average Bonchev–Trinajstić information content (AvgIpc) is 2.20. The van der Waals surface area contributed by atoms with E-state index in [0.29, 0.717) is 17.9 Å². The third kappa shape index (κ3) is 3.06. The standard InChI is InChI=1S/C9H10Cl2N2O2/c1-3-15-13-9(14)6-4-7(10)8(11)12-5(6)2/h4H,3H2,1-2H3,(H,13,14). The molecule has 0 fully saturated rings. The van der Waals surface area contributed by atoms with Crippen molar-refractivity contribution in [1.82, 2.24) is 10.5 Å². The van der Waals surface area contributed by atoms with Crippen LogP contribution < -0.4 is 5.48 Å². The number of hydrogen-bond acceptors (Lipinski definition) is 3. The molecule has 1 heterocycles. The molecule has 0 unspecified atom stereocenters. The van der Waals surface area contributed by atoms with Crippen LogP contribution in [0.25, 0.3) is 0 Å². The molecular formula is C9H10Cl2N2O2. The van der Waals surface area contributed by atoms with Crippen LogP contribution in [0, 0.1) is 6.92 Å². The summed E-state index contributed by atoms with van der Waals surface area (Å²) in [5.41, 5.74) is 3.10. The van der Waals surface area contributed by atoms with Gasteiger partial charge in [0.1, 0.15) is 5.15 Å². The number of hydroxylamine groups is 1. The molecule has 0 saturated heterocycles. The number of rotatable bonds is 3. The fraction of sp³-hybridized carbons (Fsp3) is 0.333. The zero-order chi connectivity index (χ0) is 11.4. The van der Waals surface area contributed by atoms with Crippen LogP contribution in [0.3, 0.4) is 0 Å². The molecule has 1 rings (SSSR count). The summed E-state index contributed by atoms with van der Waals surface area (Å²) in [6, 6.07) is 1.46. The summed E-state index contributed by atoms with van der Waals surface area (Å²) in [4.78, 5) is 20.2. The molecule has 4 nitrogen and oxygen atoms in total. The molecule has 82 valence electrons. The van der Waals surface area contributed by atoms with Gasteiger partial charge in [-0.05, 0) is 19.9 Å². The minimum absolute atomic E-state index is 0.183. The van der Waals surface area contributed by atoms with Crippen molar-refractivity contribution in [2.24, 2.45) is 0 Å². The van der Waals surface area contributed by atoms with Gasteiger partial charge in [-0.3, -0.25) is 9.63 Å². The molecular weight excluding hydrogens is 239 g/mol. The lowest BCUT2D eigenvalue weighted by Crippen LogP contribution is -2.24. The first-order chi connectivity index (χ1) is 7.06. The first kappa shape index (κ1) is 12.2. The van der Waals surface area contributed by atoms with Crippen molar-refractivity contribution in [3.8, 4) is 0 Å². The lowest BCUT2D eigenvalue weighted by Gasteiger charge is -2.07. The number of aryl methyl sites for hydroxylation is 1. The summed E-state index contributed by atoms with van der Waals surface area (Å²) >= 11 is 11.4. The van der Waals surface area contributed by atoms with E-state index in [1.165, 1.54) is 6.07 Å². The second-order valence-corrected chi connectivity index (χ2v) is 3.52. The molecule has 0 aromatic carbocycles. The van der Waals surface area contributed by atoms with Gasteiger partial charge in [0.15, 0.2) is 0 Å². The molecule has 15 heavy (non-hydrogen) atoms. The van der Waals surface area contributed by atoms with Gasteiger partial charge in [-0.2, -0.15) is 0 Å². The Labute approximate surface area is 97.5 Å². The Hall–Kier alpha value is -0.840. The number of nitrogens with zero attached hydrogens (tertiary/aromatic N) is 1. The molecule has 0 bridgehead atoms. The number of pyridine rings is 1. The van der Waals surface area contributed by atoms with Crippen LogP contribution in [0.2, 0.25) is 10.2 Å². The van der Waals surface area contributed by atoms with Gasteiger partial charge in [0, 0.05) is 0 Å². The van der Waals surface area contributed by atoms with Crippen LogP contribution >= 0.6 is 23.2 Å². The largest absolute Gasteiger partial charge is 0.276 e. The Bertz CT molecular complexity index is 383. The van der Waals surface area contributed by atoms with Crippen molar-refractivity contribution >= 4 is 29.1 Å². The number of carbonyl (C=O) groups is 1. The first-order valence-electron chi connectivity index (χ1n) is 4.31. The summed E-state index contributed by atoms with van der Waals surface area (Å²) in [5, 5.41) is 0.422. The van der Waals surface area contributed by atoms with Crippen molar-refractivity contribution in [1.29, 1.82) is 0 Å². The normalized spacial score (nSPS) is 10.1. The van der Waals surface area contributed by atoms with E-state index in [1.807, 2.05) is 0 Å². The number of aromatic nitrogens is 1. The van der Waals surface area contributed by atoms with Crippen molar-refractivity contribution in [2.45, 2.75) is 13.8 Å². The molecule has 6 heteroatoms. The Morgan fingerprint density at radius 3 is 2.87 bits per heavy atom. The SMILES string of the molecule is CCONC(=O)c1cc(Cl)c(Cl)nc1C. The summed E-state index contributed by atoms with van der Waals surface area (Å²) in [5.74, 6) is -0.389. The maximum atomic E-state index is 11.5. The fourth-order valence-electron chi connectivity index (χ4n) is 0.974. The predicted octanol–water partition coefficient (Wildman–Crippen LogP) is 2.38. The second-order valence-electron chi connectivity index (χ2n) is 2.76. The third-order valence-corrected chi connectivity index (χ3v) is 2.35. The number of amides is 1. The highest BCUT2D eigenvalue weighted by atomic mass is 35.5. The molecule has 1 aromatic heterocycles. The molecule has 1 N–H and O–H groups in total. The lowest BCUT2D eigenvalue weighted by molar-refractivity contribution is 0.0363. The zero-order valence-electron chi connectivity index (χ0n) is 8.30. The minimum atomic E-state index is -0.389. The Kier molecular flexibility index (Phi) is 4.32. The topological polar surface area (TPSA) is 51.2 Å². The fourth-order valence-corrected chi connectivity index (χ4v) is 1.31. The Morgan fingerprint density at radius 2 is 2.27 bits per heavy atom. The van der Waals surface area contributed by atoms with Crippen LogP contribution in [0.5, 0.6) is 0 Å². The highest BCUT2D eigenvalue weighted by Gasteiger charge is 2.12. The molecule has 1 aromatic rings. The highest BCUT2D eigenvalue weighted by Crippen LogP contribution is 2.22. The van der Waals surface area contributed by atoms with Crippen molar-refractivity contribution in [3.05, 3.63) is 27.5 Å². The van der Waals surface area contributed by atoms with E-state index in [9.17, 15) is 4.79 Å². The van der Waals surface area contributed by atoms with Crippen molar-refractivity contribution in [3.63, 3.8) is 0 Å². The number of hydrogen-bond donors (Lipinski definition) is 1. The maximum Gasteiger partial charge on any atom is 0.276 e. The van der Waals surface area contributed by atoms with E-state index in [-0.39, 0.29) is 16.1 Å². The van der Waals surface area contributed by atoms with Crippen molar-refractivity contribution in [2.75, 3.05) is 6.61 Å². The summed E-state index contributed by atoms with van der Waals surface area (Å²) < 4.78 is 0. The van der Waals surface area contributed by atoms with E-state index < -0.39 is 0 Å². The van der Waals surface area contributed by atoms with Crippen LogP contribution in [-0.4, -0.2) is 17.5 Å². The highest BCUT2D eigenvalue weighted by molar-refractivity contribution is 6.41. The summed E-state index contributed by atoms with van der Waals surface area (Å²) in [7, 11) is 0. The number of carbonyl (C=O) groups excluding carboxylic acids is 1. The van der Waals surface area contributed by atoms with E-state index in [4.69, 9.17) is 28.0 Å². The maximum absolute atomic E-state index is 11.5. The van der Waals surface area contributed by atoms with Crippen LogP contribution in [0.15, 0.2) is 6.07 Å². The molecule has 1 amide bonds. The number of halogens is 2. The molecule has 0 radical (unpaired) electrons. The van der Waals surface area contributed by atoms with Gasteiger partial charge >= 0.3 is 0 Å².